The van der Waals surface area contributed by atoms with Gasteiger partial charge in [0.25, 0.3) is 11.6 Å². The second kappa shape index (κ2) is 6.74. The van der Waals surface area contributed by atoms with Gasteiger partial charge in [-0.2, -0.15) is 0 Å². The summed E-state index contributed by atoms with van der Waals surface area (Å²) >= 11 is 6.73. The number of benzene rings is 1. The number of anilines is 1. The Kier molecular flexibility index (Phi) is 4.68. The number of carbonyl (C=O) groups excluding carboxylic acids is 1. The van der Waals surface area contributed by atoms with Crippen molar-refractivity contribution in [1.29, 1.82) is 0 Å². The average Bonchev–Trinajstić information content (AvgIpc) is 2.97. The first kappa shape index (κ1) is 16.7. The molecule has 0 aliphatic carbocycles. The molecule has 9 heteroatoms. The minimum Gasteiger partial charge on any atom is -0.368 e. The molecule has 1 aromatic heterocycles. The molecule has 1 aliphatic rings. The molecule has 2 heterocycles. The van der Waals surface area contributed by atoms with Crippen LogP contribution >= 0.6 is 22.9 Å². The van der Waals surface area contributed by atoms with Gasteiger partial charge in [-0.15, -0.1) is 11.3 Å². The first-order valence-electron chi connectivity index (χ1n) is 7.19. The number of hydrogen-bond donors (Lipinski definition) is 0. The fraction of sp³-hybridized carbons (Fsp3) is 0.267. The molecule has 0 unspecified atom stereocenters. The number of nitrogens with zero attached hydrogens (tertiary/aromatic N) is 3. The summed E-state index contributed by atoms with van der Waals surface area (Å²) in [5.74, 6) is -0.544. The molecule has 1 saturated heterocycles. The van der Waals surface area contributed by atoms with E-state index in [0.717, 1.165) is 17.0 Å². The van der Waals surface area contributed by atoms with E-state index in [0.29, 0.717) is 26.2 Å². The molecule has 1 fully saturated rings. The molecule has 1 amide bonds. The lowest BCUT2D eigenvalue weighted by atomic mass is 10.2. The normalized spacial score (nSPS) is 14.8. The van der Waals surface area contributed by atoms with Crippen LogP contribution in [0.1, 0.15) is 9.67 Å². The number of nitro groups is 1. The van der Waals surface area contributed by atoms with Crippen LogP contribution < -0.4 is 4.90 Å². The van der Waals surface area contributed by atoms with E-state index < -0.39 is 4.92 Å². The molecule has 0 bridgehead atoms. The van der Waals surface area contributed by atoms with E-state index in [4.69, 9.17) is 11.6 Å². The fourth-order valence-corrected chi connectivity index (χ4v) is 3.76. The van der Waals surface area contributed by atoms with Crippen LogP contribution in [0, 0.1) is 15.9 Å². The Balaban J connectivity index is 1.66. The lowest BCUT2D eigenvalue weighted by Gasteiger charge is -2.35. The smallest absolute Gasteiger partial charge is 0.299 e. The van der Waals surface area contributed by atoms with Crippen molar-refractivity contribution in [2.24, 2.45) is 0 Å². The van der Waals surface area contributed by atoms with Crippen molar-refractivity contribution in [3.05, 3.63) is 55.5 Å². The molecule has 6 nitrogen and oxygen atoms in total. The van der Waals surface area contributed by atoms with Crippen molar-refractivity contribution < 1.29 is 14.1 Å². The van der Waals surface area contributed by atoms with Gasteiger partial charge in [-0.3, -0.25) is 14.9 Å². The highest BCUT2D eigenvalue weighted by molar-refractivity contribution is 7.18. The Bertz CT molecular complexity index is 773. The summed E-state index contributed by atoms with van der Waals surface area (Å²) in [6.45, 7) is 2.19. The third kappa shape index (κ3) is 3.34. The van der Waals surface area contributed by atoms with Crippen LogP contribution in [0.15, 0.2) is 30.3 Å². The molecule has 1 aliphatic heterocycles. The fourth-order valence-electron chi connectivity index (χ4n) is 2.56. The first-order valence-corrected chi connectivity index (χ1v) is 8.38. The number of thiophene rings is 1. The van der Waals surface area contributed by atoms with Gasteiger partial charge in [0.1, 0.15) is 10.7 Å². The number of rotatable bonds is 3. The Hall–Kier alpha value is -2.19. The van der Waals surface area contributed by atoms with E-state index in [9.17, 15) is 19.3 Å². The Labute approximate surface area is 146 Å². The van der Waals surface area contributed by atoms with Crippen LogP contribution in [0.25, 0.3) is 0 Å². The van der Waals surface area contributed by atoms with Crippen molar-refractivity contribution in [2.45, 2.75) is 0 Å². The standard InChI is InChI=1S/C15H13ClFN3O3S/c16-14-12(20(22)23)9-13(24-14)15(21)19-7-5-18(6-8-19)11-3-1-10(17)2-4-11/h1-4,9H,5-8H2. The van der Waals surface area contributed by atoms with Crippen molar-refractivity contribution in [2.75, 3.05) is 31.1 Å². The quantitative estimate of drug-likeness (QED) is 0.614. The zero-order valence-corrected chi connectivity index (χ0v) is 14.0. The maximum absolute atomic E-state index is 13.0. The highest BCUT2D eigenvalue weighted by Gasteiger charge is 2.27. The van der Waals surface area contributed by atoms with Crippen molar-refractivity contribution >= 4 is 40.2 Å². The highest BCUT2D eigenvalue weighted by atomic mass is 35.5. The number of hydrogen-bond acceptors (Lipinski definition) is 5. The van der Waals surface area contributed by atoms with Crippen LogP contribution in [0.3, 0.4) is 0 Å². The van der Waals surface area contributed by atoms with Crippen molar-refractivity contribution in [3.8, 4) is 0 Å². The topological polar surface area (TPSA) is 66.7 Å². The summed E-state index contributed by atoms with van der Waals surface area (Å²) in [4.78, 5) is 26.7. The SMILES string of the molecule is O=C(c1cc([N+](=O)[O-])c(Cl)s1)N1CCN(c2ccc(F)cc2)CC1. The number of halogens is 2. The molecular formula is C15H13ClFN3O3S. The van der Waals surface area contributed by atoms with Crippen molar-refractivity contribution in [1.82, 2.24) is 4.90 Å². The van der Waals surface area contributed by atoms with Crippen LogP contribution in [-0.4, -0.2) is 41.9 Å². The molecule has 0 spiro atoms. The van der Waals surface area contributed by atoms with Gasteiger partial charge in [-0.05, 0) is 24.3 Å². The van der Waals surface area contributed by atoms with Gasteiger partial charge in [-0.25, -0.2) is 4.39 Å². The summed E-state index contributed by atoms with van der Waals surface area (Å²) < 4.78 is 13.0. The van der Waals surface area contributed by atoms with E-state index in [1.165, 1.54) is 18.2 Å². The van der Waals surface area contributed by atoms with Crippen LogP contribution in [0.2, 0.25) is 4.34 Å². The zero-order chi connectivity index (χ0) is 17.3. The minimum absolute atomic E-state index is 0.00768. The third-order valence-electron chi connectivity index (χ3n) is 3.83. The van der Waals surface area contributed by atoms with Crippen LogP contribution in [0.5, 0.6) is 0 Å². The number of piperazine rings is 1. The minimum atomic E-state index is -0.595. The van der Waals surface area contributed by atoms with Crippen LogP contribution in [-0.2, 0) is 0 Å². The summed E-state index contributed by atoms with van der Waals surface area (Å²) in [6.07, 6.45) is 0. The summed E-state index contributed by atoms with van der Waals surface area (Å²) in [5, 5.41) is 10.8. The molecule has 24 heavy (non-hydrogen) atoms. The molecule has 0 atom stereocenters. The van der Waals surface area contributed by atoms with E-state index in [2.05, 4.69) is 4.90 Å². The molecule has 0 radical (unpaired) electrons. The van der Waals surface area contributed by atoms with E-state index >= 15 is 0 Å². The predicted octanol–water partition coefficient (Wildman–Crippen LogP) is 3.41. The molecule has 3 rings (SSSR count). The Morgan fingerprint density at radius 2 is 1.83 bits per heavy atom. The molecule has 0 N–H and O–H groups in total. The van der Waals surface area contributed by atoms with E-state index in [-0.39, 0.29) is 26.6 Å². The van der Waals surface area contributed by atoms with Gasteiger partial charge in [0.05, 0.1) is 4.92 Å². The van der Waals surface area contributed by atoms with Gasteiger partial charge >= 0.3 is 0 Å². The van der Waals surface area contributed by atoms with Gasteiger partial charge < -0.3 is 9.80 Å². The summed E-state index contributed by atoms with van der Waals surface area (Å²) in [5.41, 5.74) is 0.660. The third-order valence-corrected chi connectivity index (χ3v) is 5.16. The van der Waals surface area contributed by atoms with Crippen molar-refractivity contribution in [3.63, 3.8) is 0 Å². The first-order chi connectivity index (χ1) is 11.5. The summed E-state index contributed by atoms with van der Waals surface area (Å²) in [6, 6.07) is 7.44. The molecule has 1 aromatic carbocycles. The van der Waals surface area contributed by atoms with E-state index in [1.807, 2.05) is 0 Å². The second-order valence-electron chi connectivity index (χ2n) is 5.28. The second-order valence-corrected chi connectivity index (χ2v) is 6.94. The lowest BCUT2D eigenvalue weighted by molar-refractivity contribution is -0.384. The van der Waals surface area contributed by atoms with Crippen LogP contribution in [0.4, 0.5) is 15.8 Å². The maximum Gasteiger partial charge on any atom is 0.299 e. The molecule has 126 valence electrons. The highest BCUT2D eigenvalue weighted by Crippen LogP contribution is 2.34. The number of amides is 1. The molecular weight excluding hydrogens is 357 g/mol. The molecule has 2 aromatic rings. The Morgan fingerprint density at radius 3 is 2.38 bits per heavy atom. The van der Waals surface area contributed by atoms with Gasteiger partial charge in [0.15, 0.2) is 4.34 Å². The summed E-state index contributed by atoms with van der Waals surface area (Å²) in [7, 11) is 0. The number of carbonyl (C=O) groups is 1. The lowest BCUT2D eigenvalue weighted by Crippen LogP contribution is -2.48. The maximum atomic E-state index is 13.0. The zero-order valence-electron chi connectivity index (χ0n) is 12.4. The monoisotopic (exact) mass is 369 g/mol. The van der Waals surface area contributed by atoms with E-state index in [1.54, 1.807) is 17.0 Å². The van der Waals surface area contributed by atoms with Gasteiger partial charge in [0, 0.05) is 37.9 Å². The Morgan fingerprint density at radius 1 is 1.21 bits per heavy atom. The van der Waals surface area contributed by atoms with Gasteiger partial charge in [0.2, 0.25) is 0 Å². The molecule has 0 saturated carbocycles. The van der Waals surface area contributed by atoms with Gasteiger partial charge in [-0.1, -0.05) is 11.6 Å². The average molecular weight is 370 g/mol. The largest absolute Gasteiger partial charge is 0.368 e. The predicted molar refractivity (Wildman–Crippen MR) is 90.5 cm³/mol.